The molecular formula is C28H25ClF2N2O3. The first-order valence-electron chi connectivity index (χ1n) is 12.1. The molecular weight excluding hydrogens is 486 g/mol. The van der Waals surface area contributed by atoms with Crippen molar-refractivity contribution in [1.82, 2.24) is 5.32 Å². The lowest BCUT2D eigenvalue weighted by Gasteiger charge is -2.35. The average molecular weight is 511 g/mol. The fourth-order valence-corrected chi connectivity index (χ4v) is 6.43. The van der Waals surface area contributed by atoms with Crippen molar-refractivity contribution < 1.29 is 23.4 Å². The van der Waals surface area contributed by atoms with Crippen molar-refractivity contribution in [2.24, 2.45) is 5.73 Å². The maximum Gasteiger partial charge on any atom is 0.249 e. The van der Waals surface area contributed by atoms with Crippen LogP contribution >= 0.6 is 11.6 Å². The molecule has 186 valence electrons. The first-order valence-corrected chi connectivity index (χ1v) is 12.5. The molecule has 6 rings (SSSR count). The molecule has 2 heterocycles. The van der Waals surface area contributed by atoms with E-state index in [0.717, 1.165) is 24.9 Å². The SMILES string of the molecule is NC(=O)c1cc2c(c(F)c1-c1c(Cl)c(F)cc3c1C[C@](c1ccccc1)([C@@H]1CCCN1)O3)CC(O)C2. The molecule has 3 aliphatic rings. The molecule has 36 heavy (non-hydrogen) atoms. The van der Waals surface area contributed by atoms with Gasteiger partial charge in [-0.3, -0.25) is 4.79 Å². The van der Waals surface area contributed by atoms with Crippen LogP contribution in [0.25, 0.3) is 11.1 Å². The molecule has 1 fully saturated rings. The van der Waals surface area contributed by atoms with Gasteiger partial charge in [0, 0.05) is 35.6 Å². The number of aliphatic hydroxyl groups is 1. The normalized spacial score (nSPS) is 24.4. The predicted molar refractivity (Wildman–Crippen MR) is 132 cm³/mol. The van der Waals surface area contributed by atoms with Gasteiger partial charge < -0.3 is 20.9 Å². The zero-order chi connectivity index (χ0) is 25.2. The van der Waals surface area contributed by atoms with Crippen LogP contribution in [0.5, 0.6) is 5.75 Å². The maximum absolute atomic E-state index is 16.1. The van der Waals surface area contributed by atoms with Gasteiger partial charge in [-0.2, -0.15) is 0 Å². The molecule has 4 N–H and O–H groups in total. The third-order valence-corrected chi connectivity index (χ3v) is 8.14. The number of nitrogens with one attached hydrogen (secondary N) is 1. The van der Waals surface area contributed by atoms with E-state index in [0.29, 0.717) is 23.1 Å². The molecule has 0 radical (unpaired) electrons. The Balaban J connectivity index is 1.60. The maximum atomic E-state index is 16.1. The van der Waals surface area contributed by atoms with E-state index < -0.39 is 29.2 Å². The van der Waals surface area contributed by atoms with E-state index in [2.05, 4.69) is 5.32 Å². The topological polar surface area (TPSA) is 84.6 Å². The second kappa shape index (κ2) is 8.54. The van der Waals surface area contributed by atoms with Crippen LogP contribution in [0.3, 0.4) is 0 Å². The predicted octanol–water partition coefficient (Wildman–Crippen LogP) is 4.43. The molecule has 3 aromatic carbocycles. The average Bonchev–Trinajstić information content (AvgIpc) is 3.60. The Kier molecular flexibility index (Phi) is 5.55. The number of hydrogen-bond acceptors (Lipinski definition) is 4. The van der Waals surface area contributed by atoms with Gasteiger partial charge in [-0.15, -0.1) is 0 Å². The van der Waals surface area contributed by atoms with Gasteiger partial charge in [0.15, 0.2) is 5.60 Å². The van der Waals surface area contributed by atoms with Crippen LogP contribution in [0.1, 0.15) is 45.5 Å². The Morgan fingerprint density at radius 1 is 1.14 bits per heavy atom. The summed E-state index contributed by atoms with van der Waals surface area (Å²) in [5, 5.41) is 13.4. The number of ether oxygens (including phenoxy) is 1. The fourth-order valence-electron chi connectivity index (χ4n) is 6.17. The molecule has 1 amide bonds. The quantitative estimate of drug-likeness (QED) is 0.485. The minimum atomic E-state index is -0.859. The van der Waals surface area contributed by atoms with Gasteiger partial charge >= 0.3 is 0 Å². The molecule has 0 spiro atoms. The third-order valence-electron chi connectivity index (χ3n) is 7.77. The number of nitrogens with two attached hydrogens (primary N) is 1. The minimum absolute atomic E-state index is 0.0578. The second-order valence-corrected chi connectivity index (χ2v) is 10.3. The first kappa shape index (κ1) is 23.4. The molecule has 0 bridgehead atoms. The number of aliphatic hydroxyl groups excluding tert-OH is 1. The summed E-state index contributed by atoms with van der Waals surface area (Å²) in [5.41, 5.74) is 6.93. The van der Waals surface area contributed by atoms with Crippen LogP contribution in [-0.4, -0.2) is 29.7 Å². The van der Waals surface area contributed by atoms with Crippen molar-refractivity contribution in [3.05, 3.63) is 86.9 Å². The van der Waals surface area contributed by atoms with E-state index in [1.54, 1.807) is 0 Å². The number of rotatable bonds is 4. The number of benzene rings is 3. The molecule has 0 saturated carbocycles. The van der Waals surface area contributed by atoms with Crippen molar-refractivity contribution in [1.29, 1.82) is 0 Å². The zero-order valence-electron chi connectivity index (χ0n) is 19.4. The minimum Gasteiger partial charge on any atom is -0.480 e. The van der Waals surface area contributed by atoms with Crippen LogP contribution in [0, 0.1) is 11.6 Å². The van der Waals surface area contributed by atoms with Crippen molar-refractivity contribution >= 4 is 17.5 Å². The highest BCUT2D eigenvalue weighted by Crippen LogP contribution is 2.52. The number of hydrogen-bond donors (Lipinski definition) is 3. The van der Waals surface area contributed by atoms with Gasteiger partial charge in [0.25, 0.3) is 0 Å². The summed E-state index contributed by atoms with van der Waals surface area (Å²) in [7, 11) is 0. The summed E-state index contributed by atoms with van der Waals surface area (Å²) in [4.78, 5) is 12.5. The van der Waals surface area contributed by atoms with Crippen molar-refractivity contribution in [3.63, 3.8) is 0 Å². The Labute approximate surface area is 212 Å². The third kappa shape index (κ3) is 3.44. The van der Waals surface area contributed by atoms with Gasteiger partial charge in [0.2, 0.25) is 5.91 Å². The Hall–Kier alpha value is -3.00. The van der Waals surface area contributed by atoms with E-state index >= 15 is 8.78 Å². The van der Waals surface area contributed by atoms with E-state index in [1.165, 1.54) is 12.1 Å². The van der Waals surface area contributed by atoms with Crippen molar-refractivity contribution in [2.45, 2.75) is 49.9 Å². The Morgan fingerprint density at radius 2 is 1.92 bits per heavy atom. The summed E-state index contributed by atoms with van der Waals surface area (Å²) >= 11 is 6.52. The summed E-state index contributed by atoms with van der Waals surface area (Å²) in [5.74, 6) is -2.07. The van der Waals surface area contributed by atoms with Crippen LogP contribution in [0.4, 0.5) is 8.78 Å². The van der Waals surface area contributed by atoms with E-state index in [-0.39, 0.29) is 46.3 Å². The molecule has 8 heteroatoms. The molecule has 1 aliphatic carbocycles. The van der Waals surface area contributed by atoms with Gasteiger partial charge in [-0.05, 0) is 48.6 Å². The monoisotopic (exact) mass is 510 g/mol. The van der Waals surface area contributed by atoms with Gasteiger partial charge in [0.1, 0.15) is 17.4 Å². The molecule has 2 aliphatic heterocycles. The Bertz CT molecular complexity index is 1390. The van der Waals surface area contributed by atoms with Crippen LogP contribution in [0.15, 0.2) is 42.5 Å². The fraction of sp³-hybridized carbons (Fsp3) is 0.321. The molecule has 3 atom stereocenters. The molecule has 0 aromatic heterocycles. The number of amides is 1. The lowest BCUT2D eigenvalue weighted by atomic mass is 9.80. The van der Waals surface area contributed by atoms with E-state index in [9.17, 15) is 9.90 Å². The molecule has 1 unspecified atom stereocenters. The van der Waals surface area contributed by atoms with Crippen LogP contribution in [0.2, 0.25) is 5.02 Å². The number of halogens is 3. The summed E-state index contributed by atoms with van der Waals surface area (Å²) in [6.07, 6.45) is 1.67. The molecule has 5 nitrogen and oxygen atoms in total. The zero-order valence-corrected chi connectivity index (χ0v) is 20.2. The number of fused-ring (bicyclic) bond motifs is 2. The smallest absolute Gasteiger partial charge is 0.249 e. The van der Waals surface area contributed by atoms with Gasteiger partial charge in [-0.25, -0.2) is 8.78 Å². The van der Waals surface area contributed by atoms with Gasteiger partial charge in [0.05, 0.1) is 22.7 Å². The highest BCUT2D eigenvalue weighted by Gasteiger charge is 2.50. The second-order valence-electron chi connectivity index (χ2n) is 9.88. The Morgan fingerprint density at radius 3 is 2.61 bits per heavy atom. The largest absolute Gasteiger partial charge is 0.480 e. The number of primary amides is 1. The van der Waals surface area contributed by atoms with E-state index in [4.69, 9.17) is 22.1 Å². The van der Waals surface area contributed by atoms with E-state index in [1.807, 2.05) is 30.3 Å². The molecule has 3 aromatic rings. The summed E-state index contributed by atoms with van der Waals surface area (Å²) in [6, 6.07) is 12.4. The number of carbonyl (C=O) groups is 1. The van der Waals surface area contributed by atoms with Gasteiger partial charge in [-0.1, -0.05) is 41.9 Å². The van der Waals surface area contributed by atoms with Crippen LogP contribution in [-0.2, 0) is 24.9 Å². The highest BCUT2D eigenvalue weighted by molar-refractivity contribution is 6.34. The molecule has 1 saturated heterocycles. The lowest BCUT2D eigenvalue weighted by molar-refractivity contribution is 0.0539. The summed E-state index contributed by atoms with van der Waals surface area (Å²) < 4.78 is 37.9. The highest BCUT2D eigenvalue weighted by atomic mass is 35.5. The van der Waals surface area contributed by atoms with Crippen molar-refractivity contribution in [2.75, 3.05) is 6.54 Å². The lowest BCUT2D eigenvalue weighted by Crippen LogP contribution is -2.48. The number of carbonyl (C=O) groups excluding carboxylic acids is 1. The standard InChI is InChI=1S/C28H25ClF2N2O3/c29-25-20(30)12-21-19(13-28(36-21,22-7-4-8-33-22)15-5-2-1-3-6-15)23(25)24-18(27(32)35)10-14-9-16(34)11-17(14)26(24)31/h1-3,5-6,10,12,16,22,33-34H,4,7-9,11,13H2,(H2,32,35)/t16?,22-,28-/m0/s1. The van der Waals surface area contributed by atoms with Crippen molar-refractivity contribution in [3.8, 4) is 16.9 Å². The first-order chi connectivity index (χ1) is 17.3. The van der Waals surface area contributed by atoms with Crippen LogP contribution < -0.4 is 15.8 Å². The summed E-state index contributed by atoms with van der Waals surface area (Å²) in [6.45, 7) is 0.828.